The molecule has 0 radical (unpaired) electrons. The summed E-state index contributed by atoms with van der Waals surface area (Å²) in [7, 11) is 0. The van der Waals surface area contributed by atoms with Crippen molar-refractivity contribution >= 4 is 0 Å². The van der Waals surface area contributed by atoms with E-state index in [4.69, 9.17) is 0 Å². The van der Waals surface area contributed by atoms with Crippen LogP contribution < -0.4 is 0 Å². The highest BCUT2D eigenvalue weighted by atomic mass is 14.4. The number of hydrogen-bond donors (Lipinski definition) is 0. The van der Waals surface area contributed by atoms with Crippen molar-refractivity contribution < 1.29 is 0 Å². The van der Waals surface area contributed by atoms with Gasteiger partial charge in [0.2, 0.25) is 0 Å². The van der Waals surface area contributed by atoms with Crippen LogP contribution in [0.3, 0.4) is 0 Å². The van der Waals surface area contributed by atoms with Crippen LogP contribution in [0.1, 0.15) is 41.0 Å². The van der Waals surface area contributed by atoms with Crippen LogP contribution in [0.5, 0.6) is 0 Å². The van der Waals surface area contributed by atoms with E-state index in [-0.39, 0.29) is 0 Å². The van der Waals surface area contributed by atoms with Gasteiger partial charge < -0.3 is 0 Å². The van der Waals surface area contributed by atoms with Crippen LogP contribution in [-0.4, -0.2) is 0 Å². The molecule has 1 aliphatic carbocycles. The van der Waals surface area contributed by atoms with Crippen molar-refractivity contribution in [3.05, 3.63) is 11.6 Å². The molecule has 0 saturated heterocycles. The van der Waals surface area contributed by atoms with Crippen LogP contribution in [-0.2, 0) is 0 Å². The smallest absolute Gasteiger partial charge is 0.0114 e. The van der Waals surface area contributed by atoms with Gasteiger partial charge in [-0.25, -0.2) is 0 Å². The van der Waals surface area contributed by atoms with Gasteiger partial charge in [0.1, 0.15) is 0 Å². The minimum absolute atomic E-state index is 0.453. The van der Waals surface area contributed by atoms with Crippen LogP contribution in [0, 0.1) is 17.3 Å². The second kappa shape index (κ2) is 2.66. The van der Waals surface area contributed by atoms with Gasteiger partial charge in [0.05, 0.1) is 0 Å². The molecule has 0 spiro atoms. The summed E-state index contributed by atoms with van der Waals surface area (Å²) < 4.78 is 0. The van der Waals surface area contributed by atoms with Gasteiger partial charge in [-0.1, -0.05) is 39.3 Å². The maximum atomic E-state index is 2.41. The second-order valence-corrected chi connectivity index (χ2v) is 4.70. The average molecular weight is 152 g/mol. The van der Waals surface area contributed by atoms with Crippen LogP contribution in [0.2, 0.25) is 0 Å². The maximum Gasteiger partial charge on any atom is -0.0114 e. The predicted molar refractivity (Wildman–Crippen MR) is 50.5 cm³/mol. The molecule has 0 bridgehead atoms. The van der Waals surface area contributed by atoms with Crippen molar-refractivity contribution in [3.63, 3.8) is 0 Å². The zero-order chi connectivity index (χ0) is 8.65. The third-order valence-electron chi connectivity index (χ3n) is 3.43. The second-order valence-electron chi connectivity index (χ2n) is 4.70. The van der Waals surface area contributed by atoms with E-state index in [1.54, 1.807) is 5.57 Å². The van der Waals surface area contributed by atoms with Crippen LogP contribution in [0.15, 0.2) is 11.6 Å². The molecule has 0 heteroatoms. The summed E-state index contributed by atoms with van der Waals surface area (Å²) in [5.41, 5.74) is 2.03. The Morgan fingerprint density at radius 3 is 2.18 bits per heavy atom. The Morgan fingerprint density at radius 1 is 1.45 bits per heavy atom. The average Bonchev–Trinajstić information content (AvgIpc) is 2.08. The summed E-state index contributed by atoms with van der Waals surface area (Å²) in [5, 5.41) is 0. The van der Waals surface area contributed by atoms with Gasteiger partial charge in [-0.05, 0) is 30.6 Å². The molecule has 0 aromatic heterocycles. The van der Waals surface area contributed by atoms with Gasteiger partial charge in [-0.3, -0.25) is 0 Å². The molecule has 0 fully saturated rings. The highest BCUT2D eigenvalue weighted by Gasteiger charge is 2.36. The SMILES string of the molecule is CC1=CCC(C(C)C)C1(C)C. The topological polar surface area (TPSA) is 0 Å². The summed E-state index contributed by atoms with van der Waals surface area (Å²) in [4.78, 5) is 0. The van der Waals surface area contributed by atoms with Crippen molar-refractivity contribution in [1.29, 1.82) is 0 Å². The van der Waals surface area contributed by atoms with Gasteiger partial charge >= 0.3 is 0 Å². The Kier molecular flexibility index (Phi) is 2.13. The van der Waals surface area contributed by atoms with Gasteiger partial charge in [-0.15, -0.1) is 0 Å². The van der Waals surface area contributed by atoms with E-state index in [1.807, 2.05) is 0 Å². The summed E-state index contributed by atoms with van der Waals surface area (Å²) in [6.07, 6.45) is 3.70. The van der Waals surface area contributed by atoms with Crippen LogP contribution >= 0.6 is 0 Å². The fourth-order valence-corrected chi connectivity index (χ4v) is 2.26. The Balaban J connectivity index is 2.78. The number of rotatable bonds is 1. The fourth-order valence-electron chi connectivity index (χ4n) is 2.26. The third-order valence-corrected chi connectivity index (χ3v) is 3.43. The molecule has 0 amide bonds. The molecule has 1 aliphatic rings. The molecule has 0 nitrogen and oxygen atoms in total. The lowest BCUT2D eigenvalue weighted by atomic mass is 9.72. The van der Waals surface area contributed by atoms with E-state index in [9.17, 15) is 0 Å². The quantitative estimate of drug-likeness (QED) is 0.503. The highest BCUT2D eigenvalue weighted by Crippen LogP contribution is 2.46. The highest BCUT2D eigenvalue weighted by molar-refractivity contribution is 5.18. The molecular formula is C11H20. The minimum Gasteiger partial charge on any atom is -0.0847 e. The molecule has 0 aromatic rings. The van der Waals surface area contributed by atoms with Crippen molar-refractivity contribution in [2.75, 3.05) is 0 Å². The van der Waals surface area contributed by atoms with Gasteiger partial charge in [0.25, 0.3) is 0 Å². The lowest BCUT2D eigenvalue weighted by Gasteiger charge is -2.32. The van der Waals surface area contributed by atoms with E-state index in [1.165, 1.54) is 6.42 Å². The molecule has 0 aliphatic heterocycles. The molecule has 1 unspecified atom stereocenters. The summed E-state index contributed by atoms with van der Waals surface area (Å²) in [6.45, 7) is 11.7. The van der Waals surface area contributed by atoms with Gasteiger partial charge in [-0.2, -0.15) is 0 Å². The Labute approximate surface area is 70.7 Å². The molecule has 0 N–H and O–H groups in total. The van der Waals surface area contributed by atoms with Crippen molar-refractivity contribution in [2.45, 2.75) is 41.0 Å². The summed E-state index contributed by atoms with van der Waals surface area (Å²) in [6, 6.07) is 0. The first-order chi connectivity index (χ1) is 4.96. The van der Waals surface area contributed by atoms with Crippen molar-refractivity contribution in [2.24, 2.45) is 17.3 Å². The molecule has 1 rings (SSSR count). The Morgan fingerprint density at radius 2 is 2.00 bits per heavy atom. The predicted octanol–water partition coefficient (Wildman–Crippen LogP) is 3.63. The summed E-state index contributed by atoms with van der Waals surface area (Å²) >= 11 is 0. The largest absolute Gasteiger partial charge is 0.0847 e. The zero-order valence-corrected chi connectivity index (χ0v) is 8.44. The Hall–Kier alpha value is -0.260. The first-order valence-corrected chi connectivity index (χ1v) is 4.63. The number of hydrogen-bond acceptors (Lipinski definition) is 0. The van der Waals surface area contributed by atoms with Crippen molar-refractivity contribution in [1.82, 2.24) is 0 Å². The van der Waals surface area contributed by atoms with E-state index in [0.717, 1.165) is 11.8 Å². The maximum absolute atomic E-state index is 2.41. The molecule has 0 heterocycles. The molecule has 0 saturated carbocycles. The lowest BCUT2D eigenvalue weighted by Crippen LogP contribution is -2.24. The van der Waals surface area contributed by atoms with Gasteiger partial charge in [0, 0.05) is 0 Å². The standard InChI is InChI=1S/C11H20/c1-8(2)10-7-6-9(3)11(10,4)5/h6,8,10H,7H2,1-5H3. The molecular weight excluding hydrogens is 132 g/mol. The van der Waals surface area contributed by atoms with E-state index in [2.05, 4.69) is 40.7 Å². The van der Waals surface area contributed by atoms with E-state index in [0.29, 0.717) is 5.41 Å². The van der Waals surface area contributed by atoms with E-state index >= 15 is 0 Å². The van der Waals surface area contributed by atoms with Crippen molar-refractivity contribution in [3.8, 4) is 0 Å². The Bertz CT molecular complexity index is 172. The van der Waals surface area contributed by atoms with Crippen LogP contribution in [0.4, 0.5) is 0 Å². The first kappa shape index (κ1) is 8.83. The molecule has 11 heavy (non-hydrogen) atoms. The monoisotopic (exact) mass is 152 g/mol. The van der Waals surface area contributed by atoms with Crippen LogP contribution in [0.25, 0.3) is 0 Å². The lowest BCUT2D eigenvalue weighted by molar-refractivity contribution is 0.221. The fraction of sp³-hybridized carbons (Fsp3) is 0.818. The summed E-state index contributed by atoms with van der Waals surface area (Å²) in [5.74, 6) is 1.68. The van der Waals surface area contributed by atoms with E-state index < -0.39 is 0 Å². The molecule has 1 atom stereocenters. The third kappa shape index (κ3) is 1.36. The number of allylic oxidation sites excluding steroid dienone is 2. The molecule has 0 aromatic carbocycles. The van der Waals surface area contributed by atoms with Gasteiger partial charge in [0.15, 0.2) is 0 Å². The first-order valence-electron chi connectivity index (χ1n) is 4.63. The zero-order valence-electron chi connectivity index (χ0n) is 8.44. The molecule has 64 valence electrons. The normalized spacial score (nSPS) is 29.3. The minimum atomic E-state index is 0.453.